The van der Waals surface area contributed by atoms with Crippen LogP contribution in [0.15, 0.2) is 54.1 Å². The fraction of sp³-hybridized carbons (Fsp3) is 0.238. The average Bonchev–Trinajstić information content (AvgIpc) is 3.01. The fourth-order valence-corrected chi connectivity index (χ4v) is 3.34. The maximum absolute atomic E-state index is 12.8. The van der Waals surface area contributed by atoms with Crippen molar-refractivity contribution in [3.63, 3.8) is 0 Å². The molecule has 0 aliphatic carbocycles. The van der Waals surface area contributed by atoms with Gasteiger partial charge in [-0.05, 0) is 29.8 Å². The molecular weight excluding hydrogens is 408 g/mol. The lowest BCUT2D eigenvalue weighted by molar-refractivity contribution is -0.384. The molecule has 1 heterocycles. The Hall–Kier alpha value is -3.76. The molecule has 1 aliphatic rings. The van der Waals surface area contributed by atoms with Gasteiger partial charge in [0.05, 0.1) is 36.4 Å². The fourth-order valence-electron chi connectivity index (χ4n) is 3.34. The van der Waals surface area contributed by atoms with E-state index in [2.05, 4.69) is 0 Å². The van der Waals surface area contributed by atoms with Gasteiger partial charge in [0.15, 0.2) is 0 Å². The molecule has 1 aliphatic heterocycles. The van der Waals surface area contributed by atoms with Crippen molar-refractivity contribution in [1.82, 2.24) is 4.90 Å². The van der Waals surface area contributed by atoms with E-state index in [1.165, 1.54) is 53.4 Å². The number of Topliss-reactive ketones (excluding diaryl/α,β-unsaturated/α-hetero) is 1. The molecule has 2 aromatic rings. The Labute approximate surface area is 176 Å². The van der Waals surface area contributed by atoms with Gasteiger partial charge >= 0.3 is 0 Å². The van der Waals surface area contributed by atoms with E-state index in [0.717, 1.165) is 0 Å². The van der Waals surface area contributed by atoms with E-state index in [9.17, 15) is 29.9 Å². The van der Waals surface area contributed by atoms with Crippen LogP contribution in [0.4, 0.5) is 5.69 Å². The van der Waals surface area contributed by atoms with Gasteiger partial charge in [-0.3, -0.25) is 19.7 Å². The van der Waals surface area contributed by atoms with Crippen LogP contribution in [0.25, 0.3) is 5.76 Å². The average molecular weight is 428 g/mol. The molecule has 2 aromatic carbocycles. The monoisotopic (exact) mass is 428 g/mol. The molecule has 0 unspecified atom stereocenters. The topological polar surface area (TPSA) is 150 Å². The molecule has 0 saturated carbocycles. The number of phenolic OH excluding ortho intramolecular Hbond substituents is 1. The van der Waals surface area contributed by atoms with Crippen LogP contribution in [-0.4, -0.2) is 63.2 Å². The van der Waals surface area contributed by atoms with Gasteiger partial charge in [-0.15, -0.1) is 0 Å². The predicted octanol–water partition coefficient (Wildman–Crippen LogP) is 1.73. The summed E-state index contributed by atoms with van der Waals surface area (Å²) in [4.78, 5) is 37.0. The summed E-state index contributed by atoms with van der Waals surface area (Å²) in [5, 5.41) is 40.1. The third kappa shape index (κ3) is 4.55. The molecule has 162 valence electrons. The zero-order chi connectivity index (χ0) is 22.5. The van der Waals surface area contributed by atoms with Crippen LogP contribution in [-0.2, 0) is 14.3 Å². The standard InChI is InChI=1S/C21H20N2O8/c24-10-12-31-11-9-22-18(13-3-7-16(25)8-4-13)17(20(27)21(22)28)19(26)14-1-5-15(6-2-14)23(29)30/h1-8,18,24-26H,9-12H2/b19-17+/t18-/m1/s1. The first-order valence-electron chi connectivity index (χ1n) is 9.36. The SMILES string of the molecule is O=C1C(=O)N(CCOCCO)[C@H](c2ccc(O)cc2)/C1=C(\O)c1ccc([N+](=O)[O-])cc1. The maximum Gasteiger partial charge on any atom is 0.295 e. The summed E-state index contributed by atoms with van der Waals surface area (Å²) >= 11 is 0. The number of likely N-dealkylation sites (tertiary alicyclic amines) is 1. The number of benzene rings is 2. The first-order valence-corrected chi connectivity index (χ1v) is 9.36. The normalized spacial score (nSPS) is 17.8. The zero-order valence-electron chi connectivity index (χ0n) is 16.3. The molecular formula is C21H20N2O8. The van der Waals surface area contributed by atoms with E-state index in [0.29, 0.717) is 5.56 Å². The minimum atomic E-state index is -0.950. The van der Waals surface area contributed by atoms with Gasteiger partial charge in [0.2, 0.25) is 0 Å². The third-order valence-electron chi connectivity index (χ3n) is 4.81. The second-order valence-corrected chi connectivity index (χ2v) is 6.72. The quantitative estimate of drug-likeness (QED) is 0.144. The van der Waals surface area contributed by atoms with Gasteiger partial charge < -0.3 is 25.0 Å². The summed E-state index contributed by atoms with van der Waals surface area (Å²) in [6.45, 7) is -0.0517. The summed E-state index contributed by atoms with van der Waals surface area (Å²) in [7, 11) is 0. The zero-order valence-corrected chi connectivity index (χ0v) is 16.3. The highest BCUT2D eigenvalue weighted by atomic mass is 16.6. The van der Waals surface area contributed by atoms with Crippen LogP contribution >= 0.6 is 0 Å². The van der Waals surface area contributed by atoms with Crippen molar-refractivity contribution in [2.75, 3.05) is 26.4 Å². The van der Waals surface area contributed by atoms with E-state index < -0.39 is 28.4 Å². The number of nitro groups is 1. The highest BCUT2D eigenvalue weighted by Crippen LogP contribution is 2.39. The Morgan fingerprint density at radius 2 is 1.71 bits per heavy atom. The van der Waals surface area contributed by atoms with E-state index >= 15 is 0 Å². The van der Waals surface area contributed by atoms with Gasteiger partial charge in [0.1, 0.15) is 11.5 Å². The second-order valence-electron chi connectivity index (χ2n) is 6.72. The van der Waals surface area contributed by atoms with Crippen LogP contribution in [0.5, 0.6) is 5.75 Å². The molecule has 1 fully saturated rings. The number of aromatic hydroxyl groups is 1. The van der Waals surface area contributed by atoms with Crippen molar-refractivity contribution in [2.45, 2.75) is 6.04 Å². The smallest absolute Gasteiger partial charge is 0.295 e. The Morgan fingerprint density at radius 3 is 2.29 bits per heavy atom. The lowest BCUT2D eigenvalue weighted by Crippen LogP contribution is -2.33. The van der Waals surface area contributed by atoms with Crippen LogP contribution in [0.3, 0.4) is 0 Å². The van der Waals surface area contributed by atoms with E-state index in [-0.39, 0.29) is 48.9 Å². The molecule has 3 N–H and O–H groups in total. The number of hydrogen-bond acceptors (Lipinski definition) is 8. The number of ketones is 1. The van der Waals surface area contributed by atoms with Crippen LogP contribution in [0.2, 0.25) is 0 Å². The number of nitrogens with zero attached hydrogens (tertiary/aromatic N) is 2. The van der Waals surface area contributed by atoms with Gasteiger partial charge in [-0.1, -0.05) is 12.1 Å². The van der Waals surface area contributed by atoms with Crippen molar-refractivity contribution in [3.8, 4) is 5.75 Å². The van der Waals surface area contributed by atoms with Gasteiger partial charge in [0, 0.05) is 24.2 Å². The molecule has 1 saturated heterocycles. The number of rotatable bonds is 8. The number of non-ortho nitro benzene ring substituents is 1. The van der Waals surface area contributed by atoms with Gasteiger partial charge in [-0.2, -0.15) is 0 Å². The summed E-state index contributed by atoms with van der Waals surface area (Å²) in [6.07, 6.45) is 0. The lowest BCUT2D eigenvalue weighted by Gasteiger charge is -2.25. The summed E-state index contributed by atoms with van der Waals surface area (Å²) < 4.78 is 5.21. The Kier molecular flexibility index (Phi) is 6.63. The molecule has 0 bridgehead atoms. The number of aliphatic hydroxyl groups is 2. The minimum absolute atomic E-state index is 0.0117. The first kappa shape index (κ1) is 21.9. The van der Waals surface area contributed by atoms with Crippen LogP contribution in [0.1, 0.15) is 17.2 Å². The summed E-state index contributed by atoms with van der Waals surface area (Å²) in [6, 6.07) is 9.83. The molecule has 0 radical (unpaired) electrons. The van der Waals surface area contributed by atoms with Gasteiger partial charge in [0.25, 0.3) is 17.4 Å². The maximum atomic E-state index is 12.8. The largest absolute Gasteiger partial charge is 0.508 e. The van der Waals surface area contributed by atoms with Crippen molar-refractivity contribution in [2.24, 2.45) is 0 Å². The molecule has 10 nitrogen and oxygen atoms in total. The van der Waals surface area contributed by atoms with E-state index in [4.69, 9.17) is 9.84 Å². The number of carbonyl (C=O) groups is 2. The molecule has 3 rings (SSSR count). The number of carbonyl (C=O) groups excluding carboxylic acids is 2. The molecule has 1 atom stereocenters. The predicted molar refractivity (Wildman–Crippen MR) is 108 cm³/mol. The van der Waals surface area contributed by atoms with Crippen molar-refractivity contribution >= 4 is 23.1 Å². The first-order chi connectivity index (χ1) is 14.8. The Bertz CT molecular complexity index is 1010. The Balaban J connectivity index is 2.05. The van der Waals surface area contributed by atoms with Crippen LogP contribution in [0, 0.1) is 10.1 Å². The number of nitro benzene ring substituents is 1. The van der Waals surface area contributed by atoms with Gasteiger partial charge in [-0.25, -0.2) is 0 Å². The van der Waals surface area contributed by atoms with Crippen molar-refractivity contribution in [3.05, 3.63) is 75.3 Å². The number of aliphatic hydroxyl groups excluding tert-OH is 2. The molecule has 10 heteroatoms. The third-order valence-corrected chi connectivity index (χ3v) is 4.81. The number of ether oxygens (including phenoxy) is 1. The Morgan fingerprint density at radius 1 is 1.06 bits per heavy atom. The van der Waals surface area contributed by atoms with E-state index in [1.54, 1.807) is 0 Å². The summed E-state index contributed by atoms with van der Waals surface area (Å²) in [5.74, 6) is -2.22. The minimum Gasteiger partial charge on any atom is -0.508 e. The summed E-state index contributed by atoms with van der Waals surface area (Å²) in [5.41, 5.74) is 0.256. The van der Waals surface area contributed by atoms with Crippen molar-refractivity contribution < 1.29 is 34.6 Å². The molecule has 1 amide bonds. The molecule has 31 heavy (non-hydrogen) atoms. The number of amides is 1. The lowest BCUT2D eigenvalue weighted by atomic mass is 9.95. The van der Waals surface area contributed by atoms with E-state index in [1.807, 2.05) is 0 Å². The highest BCUT2D eigenvalue weighted by Gasteiger charge is 2.45. The highest BCUT2D eigenvalue weighted by molar-refractivity contribution is 6.46. The molecule has 0 aromatic heterocycles. The number of hydrogen-bond donors (Lipinski definition) is 3. The second kappa shape index (κ2) is 9.37. The molecule has 0 spiro atoms. The number of phenols is 1. The van der Waals surface area contributed by atoms with Crippen LogP contribution < -0.4 is 0 Å². The van der Waals surface area contributed by atoms with Crippen molar-refractivity contribution in [1.29, 1.82) is 0 Å².